The summed E-state index contributed by atoms with van der Waals surface area (Å²) in [5, 5.41) is 7.56. The summed E-state index contributed by atoms with van der Waals surface area (Å²) in [5.74, 6) is 0.477. The summed E-state index contributed by atoms with van der Waals surface area (Å²) in [7, 11) is 0. The molecule has 0 aliphatic heterocycles. The standard InChI is InChI=1S/C14H14N4O/c1-10(2)11-3-5-12(6-4-11)18-8-7-17-9-15-16-13(17)14(18)19/h3-10H,1-2H3. The quantitative estimate of drug-likeness (QED) is 0.703. The van der Waals surface area contributed by atoms with E-state index in [9.17, 15) is 4.79 Å². The molecule has 0 saturated heterocycles. The molecule has 3 rings (SSSR count). The predicted molar refractivity (Wildman–Crippen MR) is 72.7 cm³/mol. The molecule has 0 aliphatic rings. The molecule has 19 heavy (non-hydrogen) atoms. The molecule has 2 aromatic heterocycles. The highest BCUT2D eigenvalue weighted by Gasteiger charge is 2.06. The maximum absolute atomic E-state index is 12.2. The predicted octanol–water partition coefficient (Wildman–Crippen LogP) is 2.00. The second-order valence-corrected chi connectivity index (χ2v) is 4.78. The first-order chi connectivity index (χ1) is 9.16. The van der Waals surface area contributed by atoms with E-state index in [1.165, 1.54) is 11.9 Å². The van der Waals surface area contributed by atoms with Gasteiger partial charge in [-0.1, -0.05) is 26.0 Å². The highest BCUT2D eigenvalue weighted by molar-refractivity contribution is 5.41. The van der Waals surface area contributed by atoms with Gasteiger partial charge in [0.2, 0.25) is 5.65 Å². The molecule has 1 aromatic carbocycles. The lowest BCUT2D eigenvalue weighted by Gasteiger charge is -2.08. The lowest BCUT2D eigenvalue weighted by molar-refractivity contribution is 0.863. The Morgan fingerprint density at radius 2 is 1.84 bits per heavy atom. The Kier molecular flexibility index (Phi) is 2.67. The van der Waals surface area contributed by atoms with Crippen LogP contribution >= 0.6 is 0 Å². The van der Waals surface area contributed by atoms with Gasteiger partial charge in [-0.05, 0) is 23.6 Å². The first-order valence-electron chi connectivity index (χ1n) is 6.18. The molecule has 0 radical (unpaired) electrons. The highest BCUT2D eigenvalue weighted by Crippen LogP contribution is 2.16. The molecule has 0 aliphatic carbocycles. The van der Waals surface area contributed by atoms with E-state index in [4.69, 9.17) is 0 Å². The van der Waals surface area contributed by atoms with Crippen LogP contribution < -0.4 is 5.56 Å². The van der Waals surface area contributed by atoms with E-state index in [-0.39, 0.29) is 5.56 Å². The number of fused-ring (bicyclic) bond motifs is 1. The minimum absolute atomic E-state index is 0.169. The summed E-state index contributed by atoms with van der Waals surface area (Å²) in [4.78, 5) is 12.2. The van der Waals surface area contributed by atoms with Crippen LogP contribution in [0.5, 0.6) is 0 Å². The molecule has 0 spiro atoms. The van der Waals surface area contributed by atoms with Crippen LogP contribution in [0.1, 0.15) is 25.3 Å². The molecule has 0 bridgehead atoms. The summed E-state index contributed by atoms with van der Waals surface area (Å²) in [6, 6.07) is 7.98. The van der Waals surface area contributed by atoms with Crippen molar-refractivity contribution in [3.63, 3.8) is 0 Å². The van der Waals surface area contributed by atoms with Crippen molar-refractivity contribution >= 4 is 5.65 Å². The van der Waals surface area contributed by atoms with Gasteiger partial charge in [-0.15, -0.1) is 10.2 Å². The zero-order valence-electron chi connectivity index (χ0n) is 10.8. The molecule has 0 amide bonds. The van der Waals surface area contributed by atoms with Gasteiger partial charge < -0.3 is 0 Å². The number of nitrogens with zero attached hydrogens (tertiary/aromatic N) is 4. The molecule has 0 N–H and O–H groups in total. The molecule has 5 heteroatoms. The van der Waals surface area contributed by atoms with Crippen molar-refractivity contribution < 1.29 is 0 Å². The molecule has 0 unspecified atom stereocenters. The molecule has 0 saturated carbocycles. The molecule has 96 valence electrons. The third kappa shape index (κ3) is 1.93. The lowest BCUT2D eigenvalue weighted by atomic mass is 10.0. The van der Waals surface area contributed by atoms with Gasteiger partial charge in [0.25, 0.3) is 0 Å². The Morgan fingerprint density at radius 3 is 2.53 bits per heavy atom. The van der Waals surface area contributed by atoms with Gasteiger partial charge in [-0.2, -0.15) is 0 Å². The third-order valence-corrected chi connectivity index (χ3v) is 3.20. The minimum atomic E-state index is -0.169. The van der Waals surface area contributed by atoms with Crippen LogP contribution in [0.25, 0.3) is 11.3 Å². The molecule has 3 aromatic rings. The van der Waals surface area contributed by atoms with Crippen LogP contribution in [0.3, 0.4) is 0 Å². The first kappa shape index (κ1) is 11.6. The van der Waals surface area contributed by atoms with E-state index in [0.29, 0.717) is 11.6 Å². The summed E-state index contributed by atoms with van der Waals surface area (Å²) in [6.07, 6.45) is 5.01. The smallest absolute Gasteiger partial charge is 0.283 e. The Balaban J connectivity index is 2.13. The Morgan fingerprint density at radius 1 is 1.11 bits per heavy atom. The molecular weight excluding hydrogens is 240 g/mol. The molecule has 0 atom stereocenters. The van der Waals surface area contributed by atoms with Crippen LogP contribution in [0.4, 0.5) is 0 Å². The zero-order valence-corrected chi connectivity index (χ0v) is 10.8. The van der Waals surface area contributed by atoms with Gasteiger partial charge in [0.05, 0.1) is 0 Å². The maximum atomic E-state index is 12.2. The fourth-order valence-corrected chi connectivity index (χ4v) is 2.04. The van der Waals surface area contributed by atoms with Crippen molar-refractivity contribution in [3.05, 3.63) is 58.9 Å². The van der Waals surface area contributed by atoms with Crippen molar-refractivity contribution in [1.29, 1.82) is 0 Å². The van der Waals surface area contributed by atoms with Crippen LogP contribution in [0.15, 0.2) is 47.8 Å². The van der Waals surface area contributed by atoms with E-state index in [0.717, 1.165) is 5.69 Å². The number of hydrogen-bond acceptors (Lipinski definition) is 3. The number of aromatic nitrogens is 4. The fourth-order valence-electron chi connectivity index (χ4n) is 2.04. The largest absolute Gasteiger partial charge is 0.300 e. The van der Waals surface area contributed by atoms with E-state index in [1.807, 2.05) is 24.3 Å². The van der Waals surface area contributed by atoms with Gasteiger partial charge in [-0.3, -0.25) is 13.8 Å². The van der Waals surface area contributed by atoms with Crippen LogP contribution in [-0.2, 0) is 0 Å². The second kappa shape index (κ2) is 4.35. The van der Waals surface area contributed by atoms with Crippen molar-refractivity contribution in [2.75, 3.05) is 0 Å². The molecular formula is C14H14N4O. The lowest BCUT2D eigenvalue weighted by Crippen LogP contribution is -2.19. The van der Waals surface area contributed by atoms with Gasteiger partial charge in [0.15, 0.2) is 0 Å². The second-order valence-electron chi connectivity index (χ2n) is 4.78. The van der Waals surface area contributed by atoms with E-state index in [1.54, 1.807) is 21.4 Å². The Labute approximate surface area is 110 Å². The fraction of sp³-hybridized carbons (Fsp3) is 0.214. The van der Waals surface area contributed by atoms with Gasteiger partial charge in [-0.25, -0.2) is 0 Å². The summed E-state index contributed by atoms with van der Waals surface area (Å²) in [6.45, 7) is 4.28. The van der Waals surface area contributed by atoms with E-state index >= 15 is 0 Å². The highest BCUT2D eigenvalue weighted by atomic mass is 16.1. The number of rotatable bonds is 2. The number of benzene rings is 1. The van der Waals surface area contributed by atoms with Gasteiger partial charge in [0.1, 0.15) is 6.33 Å². The minimum Gasteiger partial charge on any atom is -0.283 e. The summed E-state index contributed by atoms with van der Waals surface area (Å²) >= 11 is 0. The normalized spacial score (nSPS) is 11.3. The molecule has 0 fully saturated rings. The number of hydrogen-bond donors (Lipinski definition) is 0. The van der Waals surface area contributed by atoms with E-state index < -0.39 is 0 Å². The third-order valence-electron chi connectivity index (χ3n) is 3.20. The van der Waals surface area contributed by atoms with Gasteiger partial charge >= 0.3 is 5.56 Å². The Hall–Kier alpha value is -2.43. The molecule has 2 heterocycles. The molecule has 5 nitrogen and oxygen atoms in total. The van der Waals surface area contributed by atoms with Gasteiger partial charge in [0, 0.05) is 18.1 Å². The monoisotopic (exact) mass is 254 g/mol. The van der Waals surface area contributed by atoms with Crippen molar-refractivity contribution in [1.82, 2.24) is 19.2 Å². The Bertz CT molecular complexity index is 768. The van der Waals surface area contributed by atoms with Crippen molar-refractivity contribution in [3.8, 4) is 5.69 Å². The zero-order chi connectivity index (χ0) is 13.4. The van der Waals surface area contributed by atoms with Crippen molar-refractivity contribution in [2.24, 2.45) is 0 Å². The van der Waals surface area contributed by atoms with Crippen molar-refractivity contribution in [2.45, 2.75) is 19.8 Å². The SMILES string of the molecule is CC(C)c1ccc(-n2ccn3cnnc3c2=O)cc1. The average molecular weight is 254 g/mol. The maximum Gasteiger partial charge on any atom is 0.300 e. The van der Waals surface area contributed by atoms with Crippen LogP contribution in [0.2, 0.25) is 0 Å². The van der Waals surface area contributed by atoms with Crippen LogP contribution in [0, 0.1) is 0 Å². The average Bonchev–Trinajstić information content (AvgIpc) is 2.88. The van der Waals surface area contributed by atoms with Crippen LogP contribution in [-0.4, -0.2) is 19.2 Å². The summed E-state index contributed by atoms with van der Waals surface area (Å²) in [5.41, 5.74) is 2.24. The summed E-state index contributed by atoms with van der Waals surface area (Å²) < 4.78 is 3.19. The topological polar surface area (TPSA) is 52.2 Å². The first-order valence-corrected chi connectivity index (χ1v) is 6.18. The van der Waals surface area contributed by atoms with E-state index in [2.05, 4.69) is 24.0 Å².